The Morgan fingerprint density at radius 3 is 2.44 bits per heavy atom. The van der Waals surface area contributed by atoms with Gasteiger partial charge in [-0.2, -0.15) is 0 Å². The number of hydrogen-bond donors (Lipinski definition) is 1. The molecule has 0 atom stereocenters. The second-order valence-corrected chi connectivity index (χ2v) is 4.40. The third-order valence-corrected chi connectivity index (χ3v) is 2.81. The third kappa shape index (κ3) is 2.87. The van der Waals surface area contributed by atoms with E-state index in [0.29, 0.717) is 5.69 Å². The Hall–Kier alpha value is -1.87. The molecule has 2 aromatic rings. The van der Waals surface area contributed by atoms with Gasteiger partial charge in [-0.3, -0.25) is 4.79 Å². The highest BCUT2D eigenvalue weighted by Gasteiger charge is 2.12. The van der Waals surface area contributed by atoms with Crippen molar-refractivity contribution in [2.45, 2.75) is 6.42 Å². The van der Waals surface area contributed by atoms with Crippen LogP contribution in [0.15, 0.2) is 42.5 Å². The van der Waals surface area contributed by atoms with Crippen LogP contribution < -0.4 is 5.73 Å². The summed E-state index contributed by atoms with van der Waals surface area (Å²) in [5.74, 6) is -0.878. The fourth-order valence-electron chi connectivity index (χ4n) is 1.63. The summed E-state index contributed by atoms with van der Waals surface area (Å²) in [5.41, 5.74) is 7.03. The van der Waals surface area contributed by atoms with Crippen molar-refractivity contribution in [3.63, 3.8) is 0 Å². The van der Waals surface area contributed by atoms with Crippen LogP contribution in [0.1, 0.15) is 15.9 Å². The number of carbonyl (C=O) groups excluding carboxylic acids is 1. The van der Waals surface area contributed by atoms with E-state index in [1.807, 2.05) is 0 Å². The zero-order valence-corrected chi connectivity index (χ0v) is 10.2. The summed E-state index contributed by atoms with van der Waals surface area (Å²) in [6, 6.07) is 11.0. The van der Waals surface area contributed by atoms with Gasteiger partial charge in [-0.15, -0.1) is 0 Å². The second-order valence-electron chi connectivity index (χ2n) is 3.97. The molecular weight excluding hydrogens is 253 g/mol. The maximum Gasteiger partial charge on any atom is 0.170 e. The summed E-state index contributed by atoms with van der Waals surface area (Å²) in [4.78, 5) is 11.9. The number of halogens is 2. The monoisotopic (exact) mass is 263 g/mol. The van der Waals surface area contributed by atoms with Crippen LogP contribution in [0.3, 0.4) is 0 Å². The number of carbonyl (C=O) groups is 1. The van der Waals surface area contributed by atoms with Crippen LogP contribution in [0, 0.1) is 5.82 Å². The van der Waals surface area contributed by atoms with Crippen LogP contribution in [0.2, 0.25) is 5.02 Å². The molecule has 2 rings (SSSR count). The van der Waals surface area contributed by atoms with E-state index in [0.717, 1.165) is 11.6 Å². The molecule has 0 aliphatic heterocycles. The van der Waals surface area contributed by atoms with E-state index in [4.69, 9.17) is 17.3 Å². The molecule has 0 amide bonds. The lowest BCUT2D eigenvalue weighted by atomic mass is 10.0. The summed E-state index contributed by atoms with van der Waals surface area (Å²) < 4.78 is 13.5. The third-order valence-electron chi connectivity index (χ3n) is 2.58. The maximum atomic E-state index is 13.5. The summed E-state index contributed by atoms with van der Waals surface area (Å²) in [5, 5.41) is 0.275. The van der Waals surface area contributed by atoms with Crippen LogP contribution in [0.5, 0.6) is 0 Å². The first-order valence-corrected chi connectivity index (χ1v) is 5.77. The van der Waals surface area contributed by atoms with Crippen LogP contribution in [0.25, 0.3) is 0 Å². The Bertz CT molecular complexity index is 581. The number of benzene rings is 2. The summed E-state index contributed by atoms with van der Waals surface area (Å²) in [6.45, 7) is 0. The first-order valence-electron chi connectivity index (χ1n) is 5.39. The molecule has 0 heterocycles. The predicted octanol–water partition coefficient (Wildman–Crippen LogP) is 3.49. The van der Waals surface area contributed by atoms with E-state index < -0.39 is 5.82 Å². The van der Waals surface area contributed by atoms with E-state index in [1.165, 1.54) is 12.1 Å². The highest BCUT2D eigenvalue weighted by Crippen LogP contribution is 2.17. The number of rotatable bonds is 3. The van der Waals surface area contributed by atoms with Gasteiger partial charge in [0.05, 0.1) is 5.56 Å². The Morgan fingerprint density at radius 1 is 1.17 bits per heavy atom. The first kappa shape index (κ1) is 12.6. The van der Waals surface area contributed by atoms with Crippen LogP contribution >= 0.6 is 11.6 Å². The quantitative estimate of drug-likeness (QED) is 0.680. The Kier molecular flexibility index (Phi) is 3.63. The highest BCUT2D eigenvalue weighted by atomic mass is 35.5. The molecular formula is C14H11ClFNO. The SMILES string of the molecule is Nc1ccc(CC(=O)c2ccc(Cl)cc2F)cc1. The lowest BCUT2D eigenvalue weighted by molar-refractivity contribution is 0.0989. The lowest BCUT2D eigenvalue weighted by Crippen LogP contribution is -2.06. The zero-order valence-electron chi connectivity index (χ0n) is 9.49. The average Bonchev–Trinajstić information content (AvgIpc) is 2.32. The van der Waals surface area contributed by atoms with Crippen molar-refractivity contribution >= 4 is 23.1 Å². The van der Waals surface area contributed by atoms with Crippen LogP contribution in [-0.4, -0.2) is 5.78 Å². The van der Waals surface area contributed by atoms with Gasteiger partial charge in [-0.05, 0) is 35.9 Å². The molecule has 0 spiro atoms. The minimum Gasteiger partial charge on any atom is -0.399 e. The first-order chi connectivity index (χ1) is 8.56. The smallest absolute Gasteiger partial charge is 0.170 e. The fourth-order valence-corrected chi connectivity index (χ4v) is 1.79. The molecule has 2 N–H and O–H groups in total. The second kappa shape index (κ2) is 5.19. The fraction of sp³-hybridized carbons (Fsp3) is 0.0714. The lowest BCUT2D eigenvalue weighted by Gasteiger charge is -2.04. The Balaban J connectivity index is 2.19. The molecule has 0 radical (unpaired) electrons. The van der Waals surface area contributed by atoms with Gasteiger partial charge >= 0.3 is 0 Å². The number of nitrogens with two attached hydrogens (primary N) is 1. The molecule has 0 aromatic heterocycles. The van der Waals surface area contributed by atoms with Gasteiger partial charge in [-0.1, -0.05) is 23.7 Å². The molecule has 4 heteroatoms. The summed E-state index contributed by atoms with van der Waals surface area (Å²) >= 11 is 5.63. The van der Waals surface area contributed by atoms with E-state index in [9.17, 15) is 9.18 Å². The molecule has 0 saturated carbocycles. The van der Waals surface area contributed by atoms with Crippen LogP contribution in [-0.2, 0) is 6.42 Å². The van der Waals surface area contributed by atoms with Crippen molar-refractivity contribution in [1.29, 1.82) is 0 Å². The largest absolute Gasteiger partial charge is 0.399 e. The van der Waals surface area contributed by atoms with Gasteiger partial charge in [0.2, 0.25) is 0 Å². The molecule has 0 aliphatic rings. The van der Waals surface area contributed by atoms with Crippen molar-refractivity contribution in [2.75, 3.05) is 5.73 Å². The van der Waals surface area contributed by atoms with E-state index in [1.54, 1.807) is 24.3 Å². The molecule has 18 heavy (non-hydrogen) atoms. The van der Waals surface area contributed by atoms with Crippen LogP contribution in [0.4, 0.5) is 10.1 Å². The number of hydrogen-bond acceptors (Lipinski definition) is 2. The van der Waals surface area contributed by atoms with Gasteiger partial charge < -0.3 is 5.73 Å². The van der Waals surface area contributed by atoms with E-state index in [-0.39, 0.29) is 22.8 Å². The van der Waals surface area contributed by atoms with Gasteiger partial charge in [0.25, 0.3) is 0 Å². The van der Waals surface area contributed by atoms with Crippen molar-refractivity contribution in [2.24, 2.45) is 0 Å². The standard InChI is InChI=1S/C14H11ClFNO/c15-10-3-6-12(13(16)8-10)14(18)7-9-1-4-11(17)5-2-9/h1-6,8H,7,17H2. The minimum absolute atomic E-state index is 0.0521. The topological polar surface area (TPSA) is 43.1 Å². The van der Waals surface area contributed by atoms with E-state index >= 15 is 0 Å². The van der Waals surface area contributed by atoms with Gasteiger partial charge in [0.15, 0.2) is 5.78 Å². The molecule has 0 bridgehead atoms. The minimum atomic E-state index is -0.594. The van der Waals surface area contributed by atoms with E-state index in [2.05, 4.69) is 0 Å². The highest BCUT2D eigenvalue weighted by molar-refractivity contribution is 6.30. The summed E-state index contributed by atoms with van der Waals surface area (Å²) in [6.07, 6.45) is 0.138. The molecule has 0 fully saturated rings. The van der Waals surface area contributed by atoms with Crippen molar-refractivity contribution in [1.82, 2.24) is 0 Å². The molecule has 2 aromatic carbocycles. The molecule has 92 valence electrons. The number of nitrogen functional groups attached to an aromatic ring is 1. The predicted molar refractivity (Wildman–Crippen MR) is 70.3 cm³/mol. The molecule has 0 unspecified atom stereocenters. The van der Waals surface area contributed by atoms with Crippen molar-refractivity contribution in [3.8, 4) is 0 Å². The zero-order chi connectivity index (χ0) is 13.1. The average molecular weight is 264 g/mol. The summed E-state index contributed by atoms with van der Waals surface area (Å²) in [7, 11) is 0. The van der Waals surface area contributed by atoms with Crippen molar-refractivity contribution in [3.05, 3.63) is 64.4 Å². The normalized spacial score (nSPS) is 10.3. The Morgan fingerprint density at radius 2 is 1.83 bits per heavy atom. The van der Waals surface area contributed by atoms with Gasteiger partial charge in [-0.25, -0.2) is 4.39 Å². The molecule has 0 aliphatic carbocycles. The van der Waals surface area contributed by atoms with Gasteiger partial charge in [0, 0.05) is 17.1 Å². The number of ketones is 1. The van der Waals surface area contributed by atoms with Gasteiger partial charge in [0.1, 0.15) is 5.82 Å². The maximum absolute atomic E-state index is 13.5. The Labute approximate surface area is 109 Å². The molecule has 2 nitrogen and oxygen atoms in total. The number of anilines is 1. The number of Topliss-reactive ketones (excluding diaryl/α,β-unsaturated/α-hetero) is 1. The van der Waals surface area contributed by atoms with Crippen molar-refractivity contribution < 1.29 is 9.18 Å². The molecule has 0 saturated heterocycles.